The molecule has 0 radical (unpaired) electrons. The van der Waals surface area contributed by atoms with Crippen molar-refractivity contribution in [3.63, 3.8) is 0 Å². The molecule has 2 rings (SSSR count). The van der Waals surface area contributed by atoms with Crippen molar-refractivity contribution in [2.75, 3.05) is 13.2 Å². The van der Waals surface area contributed by atoms with Gasteiger partial charge in [-0.2, -0.15) is 0 Å². The van der Waals surface area contributed by atoms with Crippen molar-refractivity contribution in [3.8, 4) is 0 Å². The van der Waals surface area contributed by atoms with Crippen LogP contribution in [0.3, 0.4) is 0 Å². The van der Waals surface area contributed by atoms with E-state index in [9.17, 15) is 14.7 Å². The van der Waals surface area contributed by atoms with Gasteiger partial charge in [0.15, 0.2) is 0 Å². The van der Waals surface area contributed by atoms with Crippen LogP contribution in [0.4, 0.5) is 0 Å². The zero-order valence-corrected chi connectivity index (χ0v) is 9.96. The fraction of sp³-hybridized carbons (Fsp3) is 0.143. The summed E-state index contributed by atoms with van der Waals surface area (Å²) in [5.41, 5.74) is -0.270. The van der Waals surface area contributed by atoms with Crippen LogP contribution >= 0.6 is 0 Å². The summed E-state index contributed by atoms with van der Waals surface area (Å²) in [5, 5.41) is 21.0. The van der Waals surface area contributed by atoms with E-state index in [2.05, 4.69) is 0 Å². The second-order valence-electron chi connectivity index (χ2n) is 3.86. The Morgan fingerprint density at radius 2 is 1.89 bits per heavy atom. The summed E-state index contributed by atoms with van der Waals surface area (Å²) >= 11 is 0. The highest BCUT2D eigenvalue weighted by Crippen LogP contribution is 2.22. The molecule has 0 aromatic heterocycles. The van der Waals surface area contributed by atoms with Crippen molar-refractivity contribution in [2.45, 2.75) is 0 Å². The molecule has 0 saturated heterocycles. The molecular formula is C14H11O5-. The van der Waals surface area contributed by atoms with E-state index < -0.39 is 11.9 Å². The van der Waals surface area contributed by atoms with Crippen LogP contribution in [0.15, 0.2) is 36.4 Å². The predicted octanol–water partition coefficient (Wildman–Crippen LogP) is 0.352. The number of hydrogen-bond acceptors (Lipinski definition) is 5. The first-order chi connectivity index (χ1) is 9.15. The lowest BCUT2D eigenvalue weighted by atomic mass is 9.99. The van der Waals surface area contributed by atoms with Crippen LogP contribution in [0.2, 0.25) is 0 Å². The fourth-order valence-electron chi connectivity index (χ4n) is 1.88. The number of carbonyl (C=O) groups is 2. The molecule has 0 fully saturated rings. The smallest absolute Gasteiger partial charge is 0.338 e. The summed E-state index contributed by atoms with van der Waals surface area (Å²) in [6.45, 7) is -0.502. The first kappa shape index (κ1) is 13.0. The molecule has 0 aliphatic carbocycles. The van der Waals surface area contributed by atoms with Gasteiger partial charge in [0.05, 0.1) is 18.1 Å². The maximum Gasteiger partial charge on any atom is 0.338 e. The van der Waals surface area contributed by atoms with Gasteiger partial charge in [-0.15, -0.1) is 0 Å². The first-order valence-corrected chi connectivity index (χ1v) is 5.66. The molecular weight excluding hydrogens is 248 g/mol. The Hall–Kier alpha value is -2.40. The summed E-state index contributed by atoms with van der Waals surface area (Å²) in [4.78, 5) is 23.0. The number of carboxylic acids is 1. The number of aliphatic hydroxyl groups is 1. The SMILES string of the molecule is O=C(OCCO)c1ccc2ccccc2c1C(=O)[O-]. The normalized spacial score (nSPS) is 10.4. The Morgan fingerprint density at radius 1 is 1.16 bits per heavy atom. The second-order valence-corrected chi connectivity index (χ2v) is 3.86. The maximum absolute atomic E-state index is 11.7. The van der Waals surface area contributed by atoms with E-state index in [1.165, 1.54) is 6.07 Å². The molecule has 0 aliphatic heterocycles. The molecule has 1 N–H and O–H groups in total. The highest BCUT2D eigenvalue weighted by Gasteiger charge is 2.16. The lowest BCUT2D eigenvalue weighted by molar-refractivity contribution is -0.254. The molecule has 0 atom stereocenters. The van der Waals surface area contributed by atoms with Crippen LogP contribution in [-0.2, 0) is 4.74 Å². The number of carbonyl (C=O) groups excluding carboxylic acids is 2. The van der Waals surface area contributed by atoms with Crippen molar-refractivity contribution in [1.82, 2.24) is 0 Å². The second kappa shape index (κ2) is 5.49. The van der Waals surface area contributed by atoms with E-state index in [-0.39, 0.29) is 24.3 Å². The third kappa shape index (κ3) is 2.56. The van der Waals surface area contributed by atoms with Gasteiger partial charge in [0.25, 0.3) is 0 Å². The molecule has 0 heterocycles. The van der Waals surface area contributed by atoms with E-state index in [4.69, 9.17) is 9.84 Å². The number of rotatable bonds is 4. The number of aromatic carboxylic acids is 1. The van der Waals surface area contributed by atoms with E-state index in [0.717, 1.165) is 0 Å². The number of carboxylic acid groups (broad SMARTS) is 1. The topological polar surface area (TPSA) is 86.7 Å². The van der Waals surface area contributed by atoms with Gasteiger partial charge in [0.2, 0.25) is 0 Å². The molecule has 0 unspecified atom stereocenters. The Bertz CT molecular complexity index is 633. The average molecular weight is 259 g/mol. The summed E-state index contributed by atoms with van der Waals surface area (Å²) in [5.74, 6) is -2.23. The molecule has 0 bridgehead atoms. The highest BCUT2D eigenvalue weighted by atomic mass is 16.5. The third-order valence-corrected chi connectivity index (χ3v) is 2.68. The van der Waals surface area contributed by atoms with Crippen molar-refractivity contribution in [3.05, 3.63) is 47.5 Å². The molecule has 2 aromatic carbocycles. The van der Waals surface area contributed by atoms with Gasteiger partial charge in [-0.1, -0.05) is 30.3 Å². The minimum absolute atomic E-state index is 0.0767. The summed E-state index contributed by atoms with van der Waals surface area (Å²) in [6, 6.07) is 9.81. The summed E-state index contributed by atoms with van der Waals surface area (Å²) < 4.78 is 4.74. The molecule has 0 saturated carbocycles. The Kier molecular flexibility index (Phi) is 3.77. The zero-order chi connectivity index (χ0) is 13.8. The molecule has 0 spiro atoms. The number of hydrogen-bond donors (Lipinski definition) is 1. The predicted molar refractivity (Wildman–Crippen MR) is 65.6 cm³/mol. The maximum atomic E-state index is 11.7. The molecule has 19 heavy (non-hydrogen) atoms. The van der Waals surface area contributed by atoms with E-state index in [1.54, 1.807) is 30.3 Å². The number of aliphatic hydroxyl groups excluding tert-OH is 1. The van der Waals surface area contributed by atoms with Gasteiger partial charge >= 0.3 is 5.97 Å². The quantitative estimate of drug-likeness (QED) is 0.801. The third-order valence-electron chi connectivity index (χ3n) is 2.68. The van der Waals surface area contributed by atoms with Gasteiger partial charge in [-0.3, -0.25) is 0 Å². The van der Waals surface area contributed by atoms with Crippen molar-refractivity contribution in [1.29, 1.82) is 0 Å². The summed E-state index contributed by atoms with van der Waals surface area (Å²) in [6.07, 6.45) is 0. The summed E-state index contributed by atoms with van der Waals surface area (Å²) in [7, 11) is 0. The highest BCUT2D eigenvalue weighted by molar-refractivity contribution is 6.11. The molecule has 98 valence electrons. The Labute approximate surface area is 109 Å². The van der Waals surface area contributed by atoms with Crippen molar-refractivity contribution in [2.24, 2.45) is 0 Å². The average Bonchev–Trinajstić information content (AvgIpc) is 2.43. The van der Waals surface area contributed by atoms with E-state index >= 15 is 0 Å². The van der Waals surface area contributed by atoms with Crippen LogP contribution in [0.1, 0.15) is 20.7 Å². The van der Waals surface area contributed by atoms with Gasteiger partial charge in [-0.25, -0.2) is 4.79 Å². The fourth-order valence-corrected chi connectivity index (χ4v) is 1.88. The minimum Gasteiger partial charge on any atom is -0.545 e. The molecule has 2 aromatic rings. The molecule has 0 aliphatic rings. The van der Waals surface area contributed by atoms with Crippen LogP contribution in [-0.4, -0.2) is 30.3 Å². The number of fused-ring (bicyclic) bond motifs is 1. The largest absolute Gasteiger partial charge is 0.545 e. The van der Waals surface area contributed by atoms with Gasteiger partial charge in [-0.05, 0) is 16.8 Å². The van der Waals surface area contributed by atoms with Crippen LogP contribution in [0, 0.1) is 0 Å². The van der Waals surface area contributed by atoms with Crippen LogP contribution in [0.5, 0.6) is 0 Å². The Balaban J connectivity index is 2.58. The molecule has 0 amide bonds. The van der Waals surface area contributed by atoms with Crippen LogP contribution < -0.4 is 5.11 Å². The minimum atomic E-state index is -1.44. The van der Waals surface area contributed by atoms with Gasteiger partial charge in [0, 0.05) is 5.56 Å². The van der Waals surface area contributed by atoms with Gasteiger partial charge in [0.1, 0.15) is 6.61 Å². The standard InChI is InChI=1S/C14H12O5/c15-7-8-19-14(18)11-6-5-9-3-1-2-4-10(9)12(11)13(16)17/h1-6,15H,7-8H2,(H,16,17)/p-1. The lowest BCUT2D eigenvalue weighted by Gasteiger charge is -2.13. The number of esters is 1. The van der Waals surface area contributed by atoms with Crippen molar-refractivity contribution >= 4 is 22.7 Å². The first-order valence-electron chi connectivity index (χ1n) is 5.66. The monoisotopic (exact) mass is 259 g/mol. The molecule has 5 heteroatoms. The molecule has 5 nitrogen and oxygen atoms in total. The van der Waals surface area contributed by atoms with E-state index in [1.807, 2.05) is 0 Å². The number of benzene rings is 2. The Morgan fingerprint density at radius 3 is 2.58 bits per heavy atom. The van der Waals surface area contributed by atoms with E-state index in [0.29, 0.717) is 10.8 Å². The van der Waals surface area contributed by atoms with Crippen molar-refractivity contribution < 1.29 is 24.5 Å². The lowest BCUT2D eigenvalue weighted by Crippen LogP contribution is -2.26. The van der Waals surface area contributed by atoms with Crippen LogP contribution in [0.25, 0.3) is 10.8 Å². The number of ether oxygens (including phenoxy) is 1. The van der Waals surface area contributed by atoms with Gasteiger partial charge < -0.3 is 19.7 Å². The zero-order valence-electron chi connectivity index (χ0n) is 9.96.